The number of benzene rings is 1. The Morgan fingerprint density at radius 1 is 1.30 bits per heavy atom. The number of imidazole rings is 1. The largest absolute Gasteiger partial charge is 0.354 e. The van der Waals surface area contributed by atoms with E-state index in [1.54, 1.807) is 0 Å². The van der Waals surface area contributed by atoms with E-state index >= 15 is 0 Å². The van der Waals surface area contributed by atoms with Gasteiger partial charge in [0, 0.05) is 19.0 Å². The van der Waals surface area contributed by atoms with Gasteiger partial charge in [-0.25, -0.2) is 4.98 Å². The molecule has 0 aliphatic rings. The molecule has 4 nitrogen and oxygen atoms in total. The number of nitrogens with zero attached hydrogens (tertiary/aromatic N) is 2. The Bertz CT molecular complexity index is 626. The van der Waals surface area contributed by atoms with Crippen LogP contribution in [0.15, 0.2) is 18.2 Å². The lowest BCUT2D eigenvalue weighted by atomic mass is 10.1. The molecule has 1 N–H and O–H groups in total. The number of carbonyl (C=O) groups excluding carboxylic acids is 1. The molecule has 20 heavy (non-hydrogen) atoms. The van der Waals surface area contributed by atoms with Crippen molar-refractivity contribution in [3.05, 3.63) is 29.6 Å². The van der Waals surface area contributed by atoms with Crippen molar-refractivity contribution in [3.63, 3.8) is 0 Å². The van der Waals surface area contributed by atoms with E-state index in [9.17, 15) is 4.79 Å². The van der Waals surface area contributed by atoms with Crippen molar-refractivity contribution in [1.29, 1.82) is 0 Å². The lowest BCUT2D eigenvalue weighted by Gasteiger charge is -2.08. The minimum Gasteiger partial charge on any atom is -0.354 e. The predicted molar refractivity (Wildman–Crippen MR) is 81.8 cm³/mol. The number of amides is 1. The fourth-order valence-corrected chi connectivity index (χ4v) is 2.45. The first-order valence-electron chi connectivity index (χ1n) is 7.13. The summed E-state index contributed by atoms with van der Waals surface area (Å²) in [5.74, 6) is 1.52. The van der Waals surface area contributed by atoms with Gasteiger partial charge >= 0.3 is 0 Å². The van der Waals surface area contributed by atoms with Gasteiger partial charge in [0.1, 0.15) is 5.82 Å². The van der Waals surface area contributed by atoms with Crippen molar-refractivity contribution in [1.82, 2.24) is 14.9 Å². The zero-order chi connectivity index (χ0) is 14.9. The molecule has 0 radical (unpaired) electrons. The minimum atomic E-state index is 0.0550. The zero-order valence-electron chi connectivity index (χ0n) is 12.9. The summed E-state index contributed by atoms with van der Waals surface area (Å²) in [4.78, 5) is 16.5. The summed E-state index contributed by atoms with van der Waals surface area (Å²) in [5.41, 5.74) is 3.08. The molecular formula is C16H23N3O. The SMILES string of the molecule is CC(C)NC(=O)Cc1ccc2c(c1)nc(C(C)C)n2C. The Morgan fingerprint density at radius 2 is 2.00 bits per heavy atom. The number of carbonyl (C=O) groups is 1. The van der Waals surface area contributed by atoms with Crippen molar-refractivity contribution < 1.29 is 4.79 Å². The molecule has 1 aromatic heterocycles. The molecule has 0 spiro atoms. The van der Waals surface area contributed by atoms with Crippen LogP contribution in [0.5, 0.6) is 0 Å². The third-order valence-electron chi connectivity index (χ3n) is 3.31. The van der Waals surface area contributed by atoms with Crippen LogP contribution in [-0.4, -0.2) is 21.5 Å². The molecular weight excluding hydrogens is 250 g/mol. The Labute approximate surface area is 120 Å². The maximum Gasteiger partial charge on any atom is 0.224 e. The average molecular weight is 273 g/mol. The van der Waals surface area contributed by atoms with Crippen LogP contribution in [0.3, 0.4) is 0 Å². The molecule has 0 aliphatic carbocycles. The second kappa shape index (κ2) is 5.65. The van der Waals surface area contributed by atoms with Crippen molar-refractivity contribution in [2.24, 2.45) is 7.05 Å². The molecule has 0 saturated carbocycles. The molecule has 0 aliphatic heterocycles. The van der Waals surface area contributed by atoms with Crippen molar-refractivity contribution in [2.75, 3.05) is 0 Å². The molecule has 1 aromatic carbocycles. The highest BCUT2D eigenvalue weighted by molar-refractivity contribution is 5.82. The fourth-order valence-electron chi connectivity index (χ4n) is 2.45. The number of aryl methyl sites for hydroxylation is 1. The number of hydrogen-bond donors (Lipinski definition) is 1. The first-order valence-corrected chi connectivity index (χ1v) is 7.13. The molecule has 1 amide bonds. The van der Waals surface area contributed by atoms with E-state index in [0.29, 0.717) is 12.3 Å². The van der Waals surface area contributed by atoms with Crippen LogP contribution < -0.4 is 5.32 Å². The van der Waals surface area contributed by atoms with Gasteiger partial charge in [-0.15, -0.1) is 0 Å². The topological polar surface area (TPSA) is 46.9 Å². The van der Waals surface area contributed by atoms with E-state index in [-0.39, 0.29) is 11.9 Å². The van der Waals surface area contributed by atoms with Crippen LogP contribution in [0.1, 0.15) is 45.0 Å². The third kappa shape index (κ3) is 3.00. The summed E-state index contributed by atoms with van der Waals surface area (Å²) in [6, 6.07) is 6.25. The smallest absolute Gasteiger partial charge is 0.224 e. The highest BCUT2D eigenvalue weighted by Crippen LogP contribution is 2.21. The molecule has 0 bridgehead atoms. The monoisotopic (exact) mass is 273 g/mol. The molecule has 0 unspecified atom stereocenters. The third-order valence-corrected chi connectivity index (χ3v) is 3.31. The van der Waals surface area contributed by atoms with Crippen LogP contribution in [0.25, 0.3) is 11.0 Å². The van der Waals surface area contributed by atoms with Crippen molar-refractivity contribution in [3.8, 4) is 0 Å². The summed E-state index contributed by atoms with van der Waals surface area (Å²) in [5, 5.41) is 2.91. The highest BCUT2D eigenvalue weighted by atomic mass is 16.1. The molecule has 1 heterocycles. The average Bonchev–Trinajstić information content (AvgIpc) is 2.65. The molecule has 108 valence electrons. The minimum absolute atomic E-state index is 0.0550. The van der Waals surface area contributed by atoms with Crippen molar-refractivity contribution in [2.45, 2.75) is 46.1 Å². The van der Waals surface area contributed by atoms with Crippen LogP contribution in [0, 0.1) is 0 Å². The van der Waals surface area contributed by atoms with Crippen LogP contribution in [-0.2, 0) is 18.3 Å². The van der Waals surface area contributed by atoms with Gasteiger partial charge in [-0.2, -0.15) is 0 Å². The van der Waals surface area contributed by atoms with Gasteiger partial charge in [0.15, 0.2) is 0 Å². The van der Waals surface area contributed by atoms with E-state index in [0.717, 1.165) is 22.4 Å². The molecule has 0 saturated heterocycles. The van der Waals surface area contributed by atoms with Crippen LogP contribution in [0.4, 0.5) is 0 Å². The maximum atomic E-state index is 11.8. The molecule has 0 atom stereocenters. The predicted octanol–water partition coefficient (Wildman–Crippen LogP) is 2.76. The summed E-state index contributed by atoms with van der Waals surface area (Å²) >= 11 is 0. The number of hydrogen-bond acceptors (Lipinski definition) is 2. The van der Waals surface area contributed by atoms with E-state index in [1.807, 2.05) is 39.1 Å². The number of rotatable bonds is 4. The molecule has 0 fully saturated rings. The maximum absolute atomic E-state index is 11.8. The summed E-state index contributed by atoms with van der Waals surface area (Å²) in [6.07, 6.45) is 0.404. The van der Waals surface area contributed by atoms with Gasteiger partial charge in [0.25, 0.3) is 0 Å². The fraction of sp³-hybridized carbons (Fsp3) is 0.500. The Balaban J connectivity index is 2.28. The molecule has 2 aromatic rings. The second-order valence-corrected chi connectivity index (χ2v) is 5.91. The van der Waals surface area contributed by atoms with E-state index in [2.05, 4.69) is 28.7 Å². The Kier molecular flexibility index (Phi) is 4.12. The lowest BCUT2D eigenvalue weighted by molar-refractivity contribution is -0.120. The van der Waals surface area contributed by atoms with Gasteiger partial charge in [-0.1, -0.05) is 19.9 Å². The van der Waals surface area contributed by atoms with Gasteiger partial charge in [-0.05, 0) is 31.5 Å². The normalized spacial score (nSPS) is 11.6. The number of aromatic nitrogens is 2. The summed E-state index contributed by atoms with van der Waals surface area (Å²) < 4.78 is 2.12. The van der Waals surface area contributed by atoms with Crippen LogP contribution in [0.2, 0.25) is 0 Å². The van der Waals surface area contributed by atoms with Gasteiger partial charge in [0.05, 0.1) is 17.5 Å². The lowest BCUT2D eigenvalue weighted by Crippen LogP contribution is -2.31. The van der Waals surface area contributed by atoms with E-state index in [4.69, 9.17) is 0 Å². The van der Waals surface area contributed by atoms with Crippen molar-refractivity contribution >= 4 is 16.9 Å². The first-order chi connectivity index (χ1) is 9.38. The quantitative estimate of drug-likeness (QED) is 0.931. The van der Waals surface area contributed by atoms with Crippen LogP contribution >= 0.6 is 0 Å². The number of fused-ring (bicyclic) bond motifs is 1. The second-order valence-electron chi connectivity index (χ2n) is 5.91. The number of nitrogens with one attached hydrogen (secondary N) is 1. The van der Waals surface area contributed by atoms with E-state index in [1.165, 1.54) is 0 Å². The highest BCUT2D eigenvalue weighted by Gasteiger charge is 2.12. The Hall–Kier alpha value is -1.84. The molecule has 4 heteroatoms. The Morgan fingerprint density at radius 3 is 2.60 bits per heavy atom. The summed E-state index contributed by atoms with van der Waals surface area (Å²) in [7, 11) is 2.04. The van der Waals surface area contributed by atoms with Gasteiger partial charge < -0.3 is 9.88 Å². The summed E-state index contributed by atoms with van der Waals surface area (Å²) in [6.45, 7) is 8.21. The zero-order valence-corrected chi connectivity index (χ0v) is 12.9. The van der Waals surface area contributed by atoms with E-state index < -0.39 is 0 Å². The van der Waals surface area contributed by atoms with Gasteiger partial charge in [0.2, 0.25) is 5.91 Å². The van der Waals surface area contributed by atoms with Gasteiger partial charge in [-0.3, -0.25) is 4.79 Å². The first kappa shape index (κ1) is 14.6. The standard InChI is InChI=1S/C16H23N3O/c1-10(2)16-18-13-8-12(6-7-14(13)19(16)5)9-15(20)17-11(3)4/h6-8,10-11H,9H2,1-5H3,(H,17,20). The molecule has 2 rings (SSSR count).